The van der Waals surface area contributed by atoms with Crippen LogP contribution in [0.2, 0.25) is 0 Å². The van der Waals surface area contributed by atoms with Crippen molar-refractivity contribution in [2.24, 2.45) is 0 Å². The maximum atomic E-state index is 12.2. The van der Waals surface area contributed by atoms with Crippen LogP contribution in [0.25, 0.3) is 0 Å². The van der Waals surface area contributed by atoms with Crippen molar-refractivity contribution in [2.75, 3.05) is 0 Å². The molecule has 0 saturated carbocycles. The maximum Gasteiger partial charge on any atom is 0.308 e. The lowest BCUT2D eigenvalue weighted by atomic mass is 10.2. The Morgan fingerprint density at radius 3 is 2.22 bits per heavy atom. The number of ether oxygens (including phenoxy) is 1. The standard InChI is InChI=1S/C16H15NO5S/c1-11-7-9-13(10-8-11)23(20,21)17-16(19)14-5-3-4-6-15(14)22-12(2)18/h3-10H,1-2H3,(H,17,19). The molecule has 0 aromatic heterocycles. The number of amides is 1. The van der Waals surface area contributed by atoms with E-state index in [0.717, 1.165) is 5.56 Å². The van der Waals surface area contributed by atoms with Gasteiger partial charge in [0.15, 0.2) is 0 Å². The lowest BCUT2D eigenvalue weighted by molar-refractivity contribution is -0.131. The summed E-state index contributed by atoms with van der Waals surface area (Å²) < 4.78 is 31.3. The van der Waals surface area contributed by atoms with Crippen molar-refractivity contribution in [1.29, 1.82) is 0 Å². The molecule has 1 amide bonds. The van der Waals surface area contributed by atoms with E-state index in [2.05, 4.69) is 0 Å². The van der Waals surface area contributed by atoms with Crippen LogP contribution in [0.1, 0.15) is 22.8 Å². The topological polar surface area (TPSA) is 89.5 Å². The van der Waals surface area contributed by atoms with Gasteiger partial charge in [0.25, 0.3) is 15.9 Å². The number of sulfonamides is 1. The number of rotatable bonds is 4. The van der Waals surface area contributed by atoms with E-state index in [1.165, 1.54) is 31.2 Å². The van der Waals surface area contributed by atoms with E-state index in [1.807, 2.05) is 11.6 Å². The maximum absolute atomic E-state index is 12.2. The second-order valence-corrected chi connectivity index (χ2v) is 6.52. The molecule has 0 radical (unpaired) electrons. The largest absolute Gasteiger partial charge is 0.426 e. The first kappa shape index (κ1) is 16.7. The third kappa shape index (κ3) is 4.17. The molecule has 0 spiro atoms. The minimum atomic E-state index is -4.01. The zero-order chi connectivity index (χ0) is 17.0. The number of nitrogens with one attached hydrogen (secondary N) is 1. The monoisotopic (exact) mass is 333 g/mol. The second-order valence-electron chi connectivity index (χ2n) is 4.84. The van der Waals surface area contributed by atoms with E-state index >= 15 is 0 Å². The number of para-hydroxylation sites is 1. The van der Waals surface area contributed by atoms with Crippen LogP contribution in [0, 0.1) is 6.92 Å². The number of hydrogen-bond acceptors (Lipinski definition) is 5. The summed E-state index contributed by atoms with van der Waals surface area (Å²) in [5, 5.41) is 0. The molecule has 7 heteroatoms. The van der Waals surface area contributed by atoms with E-state index in [-0.39, 0.29) is 16.2 Å². The summed E-state index contributed by atoms with van der Waals surface area (Å²) in [4.78, 5) is 23.2. The molecule has 1 N–H and O–H groups in total. The normalized spacial score (nSPS) is 10.9. The molecule has 0 aliphatic heterocycles. The van der Waals surface area contributed by atoms with Crippen molar-refractivity contribution < 1.29 is 22.7 Å². The highest BCUT2D eigenvalue weighted by Gasteiger charge is 2.21. The Labute approximate surface area is 134 Å². The Kier molecular flexibility index (Phi) is 4.80. The van der Waals surface area contributed by atoms with Gasteiger partial charge in [-0.15, -0.1) is 0 Å². The van der Waals surface area contributed by atoms with Crippen LogP contribution in [0.5, 0.6) is 5.75 Å². The lowest BCUT2D eigenvalue weighted by Gasteiger charge is -2.10. The Bertz CT molecular complexity index is 841. The smallest absolute Gasteiger partial charge is 0.308 e. The summed E-state index contributed by atoms with van der Waals surface area (Å²) in [6, 6.07) is 12.0. The number of carbonyl (C=O) groups excluding carboxylic acids is 2. The van der Waals surface area contributed by atoms with Gasteiger partial charge >= 0.3 is 5.97 Å². The SMILES string of the molecule is CC(=O)Oc1ccccc1C(=O)NS(=O)(=O)c1ccc(C)cc1. The van der Waals surface area contributed by atoms with E-state index in [4.69, 9.17) is 4.74 Å². The number of esters is 1. The van der Waals surface area contributed by atoms with Crippen molar-refractivity contribution in [2.45, 2.75) is 18.7 Å². The summed E-state index contributed by atoms with van der Waals surface area (Å²) in [5.74, 6) is -1.48. The number of carbonyl (C=O) groups is 2. The van der Waals surface area contributed by atoms with Gasteiger partial charge in [0.2, 0.25) is 0 Å². The average Bonchev–Trinajstić information content (AvgIpc) is 2.47. The van der Waals surface area contributed by atoms with Crippen molar-refractivity contribution in [3.63, 3.8) is 0 Å². The fourth-order valence-electron chi connectivity index (χ4n) is 1.85. The molecule has 0 bridgehead atoms. The van der Waals surface area contributed by atoms with Crippen LogP contribution in [0.4, 0.5) is 0 Å². The van der Waals surface area contributed by atoms with Crippen molar-refractivity contribution >= 4 is 21.9 Å². The first-order chi connectivity index (χ1) is 10.8. The molecule has 0 aliphatic carbocycles. The van der Waals surface area contributed by atoms with E-state index < -0.39 is 21.9 Å². The zero-order valence-corrected chi connectivity index (χ0v) is 13.4. The van der Waals surface area contributed by atoms with Gasteiger partial charge in [0, 0.05) is 6.92 Å². The van der Waals surface area contributed by atoms with Crippen LogP contribution >= 0.6 is 0 Å². The van der Waals surface area contributed by atoms with Crippen molar-refractivity contribution in [3.8, 4) is 5.75 Å². The van der Waals surface area contributed by atoms with Gasteiger partial charge in [-0.1, -0.05) is 29.8 Å². The summed E-state index contributed by atoms with van der Waals surface area (Å²) in [6.07, 6.45) is 0. The van der Waals surface area contributed by atoms with Crippen LogP contribution in [0.3, 0.4) is 0 Å². The molecule has 2 aromatic carbocycles. The van der Waals surface area contributed by atoms with Crippen LogP contribution in [-0.2, 0) is 14.8 Å². The molecule has 0 unspecified atom stereocenters. The highest BCUT2D eigenvalue weighted by molar-refractivity contribution is 7.90. The fourth-order valence-corrected chi connectivity index (χ4v) is 2.82. The van der Waals surface area contributed by atoms with E-state index in [0.29, 0.717) is 0 Å². The molecular formula is C16H15NO5S. The minimum Gasteiger partial charge on any atom is -0.426 e. The van der Waals surface area contributed by atoms with Gasteiger partial charge in [-0.25, -0.2) is 13.1 Å². The molecule has 0 saturated heterocycles. The molecule has 6 nitrogen and oxygen atoms in total. The highest BCUT2D eigenvalue weighted by atomic mass is 32.2. The minimum absolute atomic E-state index is 0.00314. The third-order valence-corrected chi connectivity index (χ3v) is 4.29. The molecule has 2 aromatic rings. The van der Waals surface area contributed by atoms with Gasteiger partial charge in [0.1, 0.15) is 5.75 Å². The average molecular weight is 333 g/mol. The fraction of sp³-hybridized carbons (Fsp3) is 0.125. The Balaban J connectivity index is 2.28. The Morgan fingerprint density at radius 2 is 1.61 bits per heavy atom. The quantitative estimate of drug-likeness (QED) is 0.683. The van der Waals surface area contributed by atoms with Crippen LogP contribution in [-0.4, -0.2) is 20.3 Å². The van der Waals surface area contributed by atoms with Crippen LogP contribution in [0.15, 0.2) is 53.4 Å². The first-order valence-electron chi connectivity index (χ1n) is 6.71. The van der Waals surface area contributed by atoms with Gasteiger partial charge in [0.05, 0.1) is 10.5 Å². The molecule has 23 heavy (non-hydrogen) atoms. The van der Waals surface area contributed by atoms with Crippen molar-refractivity contribution in [3.05, 3.63) is 59.7 Å². The number of benzene rings is 2. The predicted molar refractivity (Wildman–Crippen MR) is 83.6 cm³/mol. The predicted octanol–water partition coefficient (Wildman–Crippen LogP) is 2.04. The van der Waals surface area contributed by atoms with E-state index in [1.54, 1.807) is 24.3 Å². The van der Waals surface area contributed by atoms with Gasteiger partial charge in [-0.05, 0) is 31.2 Å². The highest BCUT2D eigenvalue weighted by Crippen LogP contribution is 2.19. The Hall–Kier alpha value is -2.67. The van der Waals surface area contributed by atoms with Gasteiger partial charge in [-0.3, -0.25) is 9.59 Å². The lowest BCUT2D eigenvalue weighted by Crippen LogP contribution is -2.31. The molecular weight excluding hydrogens is 318 g/mol. The van der Waals surface area contributed by atoms with Gasteiger partial charge in [-0.2, -0.15) is 0 Å². The zero-order valence-electron chi connectivity index (χ0n) is 12.6. The van der Waals surface area contributed by atoms with E-state index in [9.17, 15) is 18.0 Å². The third-order valence-electron chi connectivity index (χ3n) is 2.94. The summed E-state index contributed by atoms with van der Waals surface area (Å²) in [5.41, 5.74) is 0.855. The molecule has 0 heterocycles. The van der Waals surface area contributed by atoms with Crippen LogP contribution < -0.4 is 9.46 Å². The Morgan fingerprint density at radius 1 is 1.00 bits per heavy atom. The first-order valence-corrected chi connectivity index (χ1v) is 8.19. The van der Waals surface area contributed by atoms with Gasteiger partial charge < -0.3 is 4.74 Å². The molecule has 0 atom stereocenters. The molecule has 2 rings (SSSR count). The van der Waals surface area contributed by atoms with Crippen molar-refractivity contribution in [1.82, 2.24) is 4.72 Å². The molecule has 0 fully saturated rings. The molecule has 120 valence electrons. The number of aryl methyl sites for hydroxylation is 1. The summed E-state index contributed by atoms with van der Waals surface area (Å²) in [7, 11) is -4.01. The second kappa shape index (κ2) is 6.62. The number of hydrogen-bond donors (Lipinski definition) is 1. The molecule has 0 aliphatic rings. The summed E-state index contributed by atoms with van der Waals surface area (Å²) >= 11 is 0. The summed E-state index contributed by atoms with van der Waals surface area (Å²) in [6.45, 7) is 3.02.